The van der Waals surface area contributed by atoms with E-state index < -0.39 is 24.6 Å². The van der Waals surface area contributed by atoms with Gasteiger partial charge in [0.2, 0.25) is 17.7 Å². The summed E-state index contributed by atoms with van der Waals surface area (Å²) >= 11 is 5.96. The van der Waals surface area contributed by atoms with Crippen LogP contribution in [0.1, 0.15) is 38.3 Å². The number of nitrogens with zero attached hydrogens (tertiary/aromatic N) is 4. The molecular formula is C18H18ClF4N5O2. The Morgan fingerprint density at radius 3 is 2.70 bits per heavy atom. The smallest absolute Gasteiger partial charge is 0.422 e. The van der Waals surface area contributed by atoms with Crippen LogP contribution in [0.5, 0.6) is 5.88 Å². The Morgan fingerprint density at radius 1 is 1.37 bits per heavy atom. The van der Waals surface area contributed by atoms with Crippen molar-refractivity contribution >= 4 is 29.3 Å². The Hall–Kier alpha value is -2.69. The third-order valence-electron chi connectivity index (χ3n) is 4.49. The third-order valence-corrected chi connectivity index (χ3v) is 4.76. The minimum Gasteiger partial charge on any atom is -0.467 e. The van der Waals surface area contributed by atoms with Crippen molar-refractivity contribution in [2.45, 2.75) is 44.9 Å². The summed E-state index contributed by atoms with van der Waals surface area (Å²) in [5, 5.41) is 2.84. The number of ether oxygens (including phenoxy) is 1. The van der Waals surface area contributed by atoms with Crippen molar-refractivity contribution in [2.75, 3.05) is 16.8 Å². The predicted molar refractivity (Wildman–Crippen MR) is 101 cm³/mol. The molecule has 12 heteroatoms. The molecule has 2 aromatic heterocycles. The lowest BCUT2D eigenvalue weighted by molar-refractivity contribution is -0.154. The molecule has 0 unspecified atom stereocenters. The van der Waals surface area contributed by atoms with E-state index >= 15 is 0 Å². The Morgan fingerprint density at radius 2 is 2.10 bits per heavy atom. The number of nitrogens with one attached hydrogen (secondary N) is 1. The lowest BCUT2D eigenvalue weighted by atomic mass is 10.1. The van der Waals surface area contributed by atoms with E-state index in [-0.39, 0.29) is 34.6 Å². The lowest BCUT2D eigenvalue weighted by Gasteiger charge is -2.22. The molecule has 1 aliphatic rings. The second-order valence-corrected chi connectivity index (χ2v) is 7.25. The highest BCUT2D eigenvalue weighted by molar-refractivity contribution is 6.31. The van der Waals surface area contributed by atoms with Gasteiger partial charge in [-0.25, -0.2) is 14.4 Å². The van der Waals surface area contributed by atoms with Gasteiger partial charge in [0.1, 0.15) is 5.02 Å². The van der Waals surface area contributed by atoms with Crippen molar-refractivity contribution in [3.63, 3.8) is 0 Å². The Bertz CT molecular complexity index is 943. The normalized spacial score (nSPS) is 17.9. The Kier molecular flexibility index (Phi) is 6.30. The molecular weight excluding hydrogens is 430 g/mol. The molecule has 0 spiro atoms. The van der Waals surface area contributed by atoms with Crippen LogP contribution < -0.4 is 15.0 Å². The highest BCUT2D eigenvalue weighted by atomic mass is 35.5. The van der Waals surface area contributed by atoms with Crippen LogP contribution in [0.2, 0.25) is 5.02 Å². The van der Waals surface area contributed by atoms with Gasteiger partial charge in [0.15, 0.2) is 18.2 Å². The van der Waals surface area contributed by atoms with Crippen molar-refractivity contribution in [2.24, 2.45) is 0 Å². The first-order chi connectivity index (χ1) is 14.0. The first-order valence-corrected chi connectivity index (χ1v) is 9.39. The van der Waals surface area contributed by atoms with Crippen molar-refractivity contribution < 1.29 is 27.1 Å². The number of alkyl halides is 3. The molecule has 162 valence electrons. The van der Waals surface area contributed by atoms with Gasteiger partial charge < -0.3 is 10.1 Å². The van der Waals surface area contributed by atoms with E-state index in [2.05, 4.69) is 25.0 Å². The molecule has 1 amide bonds. The molecule has 1 N–H and O–H groups in total. The quantitative estimate of drug-likeness (QED) is 0.665. The molecule has 30 heavy (non-hydrogen) atoms. The largest absolute Gasteiger partial charge is 0.467 e. The number of carbonyl (C=O) groups is 1. The minimum absolute atomic E-state index is 0.0688. The van der Waals surface area contributed by atoms with Crippen LogP contribution in [-0.2, 0) is 4.79 Å². The number of amides is 1. The molecule has 1 aliphatic heterocycles. The van der Waals surface area contributed by atoms with Crippen molar-refractivity contribution in [3.05, 3.63) is 34.9 Å². The van der Waals surface area contributed by atoms with Gasteiger partial charge in [-0.2, -0.15) is 18.2 Å². The average Bonchev–Trinajstić information content (AvgIpc) is 3.00. The van der Waals surface area contributed by atoms with Crippen molar-refractivity contribution in [1.29, 1.82) is 0 Å². The van der Waals surface area contributed by atoms with Gasteiger partial charge >= 0.3 is 6.18 Å². The van der Waals surface area contributed by atoms with Gasteiger partial charge in [-0.3, -0.25) is 9.69 Å². The minimum atomic E-state index is -4.51. The van der Waals surface area contributed by atoms with Gasteiger partial charge in [0.05, 0.1) is 12.2 Å². The van der Waals surface area contributed by atoms with Crippen LogP contribution in [0.3, 0.4) is 0 Å². The summed E-state index contributed by atoms with van der Waals surface area (Å²) in [6.45, 7) is 2.00. The number of halogens is 5. The van der Waals surface area contributed by atoms with E-state index in [1.54, 1.807) is 13.8 Å². The van der Waals surface area contributed by atoms with Crippen LogP contribution in [0.25, 0.3) is 0 Å². The first kappa shape index (κ1) is 22.0. The van der Waals surface area contributed by atoms with Crippen LogP contribution in [0, 0.1) is 5.82 Å². The first-order valence-electron chi connectivity index (χ1n) is 9.01. The number of pyridine rings is 1. The van der Waals surface area contributed by atoms with E-state index in [0.717, 1.165) is 6.20 Å². The molecule has 0 radical (unpaired) electrons. The maximum atomic E-state index is 14.2. The van der Waals surface area contributed by atoms with E-state index in [1.807, 2.05) is 0 Å². The average molecular weight is 448 g/mol. The zero-order valence-corrected chi connectivity index (χ0v) is 16.8. The third kappa shape index (κ3) is 5.07. The maximum Gasteiger partial charge on any atom is 0.422 e. The van der Waals surface area contributed by atoms with Gasteiger partial charge in [0.25, 0.3) is 0 Å². The Balaban J connectivity index is 1.74. The SMILES string of the molecule is C[C@H](Nc1ncc(F)c(N2C(=O)CC[C@H]2C)n1)c1cnc(OCC(F)(F)F)c(Cl)c1. The molecule has 2 atom stereocenters. The molecule has 3 heterocycles. The molecule has 0 aliphatic carbocycles. The summed E-state index contributed by atoms with van der Waals surface area (Å²) in [6.07, 6.45) is -1.32. The molecule has 1 fully saturated rings. The molecule has 7 nitrogen and oxygen atoms in total. The van der Waals surface area contributed by atoms with Gasteiger partial charge in [-0.1, -0.05) is 11.6 Å². The van der Waals surface area contributed by atoms with E-state index in [1.165, 1.54) is 17.2 Å². The van der Waals surface area contributed by atoms with Crippen LogP contribution >= 0.6 is 11.6 Å². The Labute approximate surface area is 174 Å². The number of carbonyl (C=O) groups excluding carboxylic acids is 1. The zero-order valence-electron chi connectivity index (χ0n) is 16.0. The summed E-state index contributed by atoms with van der Waals surface area (Å²) in [5.74, 6) is -1.32. The number of hydrogen-bond acceptors (Lipinski definition) is 6. The highest BCUT2D eigenvalue weighted by Crippen LogP contribution is 2.30. The number of hydrogen-bond donors (Lipinski definition) is 1. The van der Waals surface area contributed by atoms with Crippen LogP contribution in [-0.4, -0.2) is 39.7 Å². The summed E-state index contributed by atoms with van der Waals surface area (Å²) in [6, 6.07) is 0.741. The summed E-state index contributed by atoms with van der Waals surface area (Å²) in [7, 11) is 0. The molecule has 0 bridgehead atoms. The second kappa shape index (κ2) is 8.58. The van der Waals surface area contributed by atoms with Crippen LogP contribution in [0.15, 0.2) is 18.5 Å². The molecule has 1 saturated heterocycles. The van der Waals surface area contributed by atoms with Gasteiger partial charge in [0, 0.05) is 18.7 Å². The zero-order chi connectivity index (χ0) is 22.1. The molecule has 2 aromatic rings. The fraction of sp³-hybridized carbons (Fsp3) is 0.444. The number of rotatable bonds is 6. The number of aromatic nitrogens is 3. The van der Waals surface area contributed by atoms with Crippen molar-refractivity contribution in [1.82, 2.24) is 15.0 Å². The maximum absolute atomic E-state index is 14.2. The summed E-state index contributed by atoms with van der Waals surface area (Å²) in [5.41, 5.74) is 0.513. The lowest BCUT2D eigenvalue weighted by Crippen LogP contribution is -2.32. The predicted octanol–water partition coefficient (Wildman–Crippen LogP) is 4.29. The summed E-state index contributed by atoms with van der Waals surface area (Å²) in [4.78, 5) is 25.2. The molecule has 0 aromatic carbocycles. The van der Waals surface area contributed by atoms with E-state index in [4.69, 9.17) is 11.6 Å². The summed E-state index contributed by atoms with van der Waals surface area (Å²) < 4.78 is 55.6. The van der Waals surface area contributed by atoms with Crippen molar-refractivity contribution in [3.8, 4) is 5.88 Å². The fourth-order valence-corrected chi connectivity index (χ4v) is 3.19. The second-order valence-electron chi connectivity index (χ2n) is 6.84. The molecule has 0 saturated carbocycles. The molecule has 3 rings (SSSR count). The highest BCUT2D eigenvalue weighted by Gasteiger charge is 2.32. The standard InChI is InChI=1S/C18H18ClF4N5O2/c1-9-3-4-14(29)28(9)15-13(20)7-25-17(27-15)26-10(2)11-5-12(19)16(24-6-11)30-8-18(21,22)23/h5-7,9-10H,3-4,8H2,1-2H3,(H,25,26,27)/t9-,10+/m1/s1. The van der Waals surface area contributed by atoms with Crippen LogP contribution in [0.4, 0.5) is 29.3 Å². The fourth-order valence-electron chi connectivity index (χ4n) is 2.96. The van der Waals surface area contributed by atoms with E-state index in [9.17, 15) is 22.4 Å². The number of anilines is 2. The van der Waals surface area contributed by atoms with E-state index in [0.29, 0.717) is 18.4 Å². The van der Waals surface area contributed by atoms with Gasteiger partial charge in [-0.05, 0) is 31.9 Å². The monoisotopic (exact) mass is 447 g/mol. The van der Waals surface area contributed by atoms with Gasteiger partial charge in [-0.15, -0.1) is 0 Å². The topological polar surface area (TPSA) is 80.2 Å².